The van der Waals surface area contributed by atoms with E-state index in [1.54, 1.807) is 23.1 Å². The zero-order valence-electron chi connectivity index (χ0n) is 16.5. The molecular weight excluding hydrogens is 392 g/mol. The molecule has 0 N–H and O–H groups in total. The van der Waals surface area contributed by atoms with Gasteiger partial charge in [-0.2, -0.15) is 0 Å². The molecule has 2 atom stereocenters. The highest BCUT2D eigenvalue weighted by molar-refractivity contribution is 7.93. The number of amides is 1. The van der Waals surface area contributed by atoms with Crippen molar-refractivity contribution in [3.8, 4) is 0 Å². The summed E-state index contributed by atoms with van der Waals surface area (Å²) in [5.41, 5.74) is 0.458. The van der Waals surface area contributed by atoms with Crippen molar-refractivity contribution in [1.29, 1.82) is 0 Å². The van der Waals surface area contributed by atoms with E-state index in [2.05, 4.69) is 0 Å². The lowest BCUT2D eigenvalue weighted by Crippen LogP contribution is -2.49. The van der Waals surface area contributed by atoms with E-state index < -0.39 is 22.5 Å². The van der Waals surface area contributed by atoms with Crippen LogP contribution in [0.2, 0.25) is 0 Å². The lowest BCUT2D eigenvalue weighted by molar-refractivity contribution is -0.153. The predicted molar refractivity (Wildman–Crippen MR) is 109 cm³/mol. The lowest BCUT2D eigenvalue weighted by Gasteiger charge is -2.38. The summed E-state index contributed by atoms with van der Waals surface area (Å²) >= 11 is 0. The van der Waals surface area contributed by atoms with Crippen molar-refractivity contribution in [2.24, 2.45) is 0 Å². The van der Waals surface area contributed by atoms with Crippen LogP contribution in [-0.2, 0) is 24.3 Å². The van der Waals surface area contributed by atoms with Crippen LogP contribution < -0.4 is 4.31 Å². The van der Waals surface area contributed by atoms with Crippen LogP contribution in [0.4, 0.5) is 5.69 Å². The minimum atomic E-state index is -3.83. The van der Waals surface area contributed by atoms with Crippen molar-refractivity contribution < 1.29 is 22.7 Å². The lowest BCUT2D eigenvalue weighted by atomic mass is 9.97. The zero-order chi connectivity index (χ0) is 20.8. The Bertz CT molecular complexity index is 1070. The van der Waals surface area contributed by atoms with Crippen LogP contribution in [0.3, 0.4) is 0 Å². The quantitative estimate of drug-likeness (QED) is 0.716. The number of hydrogen-bond acceptors (Lipinski definition) is 5. The Morgan fingerprint density at radius 2 is 1.72 bits per heavy atom. The summed E-state index contributed by atoms with van der Waals surface area (Å²) in [6, 6.07) is 10.5. The zero-order valence-corrected chi connectivity index (χ0v) is 17.3. The average molecular weight is 416 g/mol. The van der Waals surface area contributed by atoms with Gasteiger partial charge < -0.3 is 9.64 Å². The topological polar surface area (TPSA) is 84.0 Å². The first-order valence-electron chi connectivity index (χ1n) is 9.82. The molecule has 0 aliphatic carbocycles. The summed E-state index contributed by atoms with van der Waals surface area (Å²) in [6.45, 7) is 3.14. The van der Waals surface area contributed by atoms with E-state index in [1.807, 2.05) is 26.0 Å². The normalized spacial score (nSPS) is 22.7. The Hall–Kier alpha value is -2.61. The van der Waals surface area contributed by atoms with E-state index in [-0.39, 0.29) is 29.5 Å². The molecular formula is C21H24N2O5S. The number of anilines is 1. The van der Waals surface area contributed by atoms with Gasteiger partial charge in [-0.25, -0.2) is 8.42 Å². The van der Waals surface area contributed by atoms with Crippen LogP contribution in [0.1, 0.15) is 33.1 Å². The molecule has 0 aromatic heterocycles. The number of esters is 1. The molecule has 0 bridgehead atoms. The average Bonchev–Trinajstić information content (AvgIpc) is 2.90. The van der Waals surface area contributed by atoms with E-state index in [4.69, 9.17) is 4.74 Å². The second-order valence-electron chi connectivity index (χ2n) is 7.73. The number of sulfonamides is 1. The van der Waals surface area contributed by atoms with Gasteiger partial charge in [0.2, 0.25) is 0 Å². The fourth-order valence-electron chi connectivity index (χ4n) is 4.42. The fourth-order valence-corrected chi connectivity index (χ4v) is 6.08. The van der Waals surface area contributed by atoms with Gasteiger partial charge in [-0.1, -0.05) is 24.3 Å². The van der Waals surface area contributed by atoms with Gasteiger partial charge in [-0.3, -0.25) is 13.9 Å². The molecule has 0 saturated carbocycles. The van der Waals surface area contributed by atoms with Crippen LogP contribution in [-0.4, -0.2) is 50.4 Å². The van der Waals surface area contributed by atoms with Crippen molar-refractivity contribution in [2.45, 2.75) is 50.1 Å². The summed E-state index contributed by atoms with van der Waals surface area (Å²) in [5.74, 6) is -0.989. The molecule has 1 amide bonds. The van der Waals surface area contributed by atoms with Gasteiger partial charge in [0.05, 0.1) is 10.6 Å². The molecule has 0 radical (unpaired) electrons. The van der Waals surface area contributed by atoms with E-state index in [1.165, 1.54) is 6.07 Å². The van der Waals surface area contributed by atoms with E-state index in [9.17, 15) is 18.0 Å². The fraction of sp³-hybridized carbons (Fsp3) is 0.429. The van der Waals surface area contributed by atoms with Crippen LogP contribution in [0, 0.1) is 0 Å². The molecule has 0 unspecified atom stereocenters. The van der Waals surface area contributed by atoms with Gasteiger partial charge >= 0.3 is 5.97 Å². The van der Waals surface area contributed by atoms with Crippen molar-refractivity contribution in [2.75, 3.05) is 17.5 Å². The van der Waals surface area contributed by atoms with Gasteiger partial charge in [-0.15, -0.1) is 0 Å². The second kappa shape index (κ2) is 7.33. The number of likely N-dealkylation sites (tertiary alicyclic amines) is 1. The maximum atomic E-state index is 12.9. The number of carbonyl (C=O) groups is 2. The molecule has 1 saturated heterocycles. The van der Waals surface area contributed by atoms with Crippen molar-refractivity contribution in [1.82, 2.24) is 4.90 Å². The maximum Gasteiger partial charge on any atom is 0.327 e. The van der Waals surface area contributed by atoms with Crippen molar-refractivity contribution in [3.63, 3.8) is 0 Å². The molecule has 2 aromatic carbocycles. The molecule has 1 fully saturated rings. The van der Waals surface area contributed by atoms with Crippen LogP contribution >= 0.6 is 0 Å². The molecule has 2 aromatic rings. The molecule has 29 heavy (non-hydrogen) atoms. The summed E-state index contributed by atoms with van der Waals surface area (Å²) in [6.07, 6.45) is 2.93. The second-order valence-corrected chi connectivity index (χ2v) is 9.56. The van der Waals surface area contributed by atoms with E-state index in [0.29, 0.717) is 11.1 Å². The number of hydrogen-bond donors (Lipinski definition) is 0. The SMILES string of the molecule is C[C@@H]1CCC[C@@H](C)N1C(=O)COC(=O)CN1c2cccc3cccc(c23)S1(=O)=O. The molecule has 4 rings (SSSR count). The third-order valence-corrected chi connectivity index (χ3v) is 7.59. The summed E-state index contributed by atoms with van der Waals surface area (Å²) in [4.78, 5) is 26.9. The molecule has 2 aliphatic rings. The highest BCUT2D eigenvalue weighted by Gasteiger charge is 2.37. The summed E-state index contributed by atoms with van der Waals surface area (Å²) in [7, 11) is -3.83. The van der Waals surface area contributed by atoms with Gasteiger partial charge in [0.1, 0.15) is 6.54 Å². The van der Waals surface area contributed by atoms with E-state index >= 15 is 0 Å². The maximum absolute atomic E-state index is 12.9. The highest BCUT2D eigenvalue weighted by Crippen LogP contribution is 2.41. The minimum Gasteiger partial charge on any atom is -0.454 e. The van der Waals surface area contributed by atoms with Crippen LogP contribution in [0.5, 0.6) is 0 Å². The summed E-state index contributed by atoms with van der Waals surface area (Å²) < 4.78 is 32.1. The Morgan fingerprint density at radius 1 is 1.07 bits per heavy atom. The molecule has 2 aliphatic heterocycles. The monoisotopic (exact) mass is 416 g/mol. The third kappa shape index (κ3) is 3.35. The third-order valence-electron chi connectivity index (χ3n) is 5.79. The number of nitrogens with zero attached hydrogens (tertiary/aromatic N) is 2. The van der Waals surface area contributed by atoms with Crippen molar-refractivity contribution >= 4 is 38.4 Å². The molecule has 2 heterocycles. The first-order chi connectivity index (χ1) is 13.8. The number of carbonyl (C=O) groups excluding carboxylic acids is 2. The number of piperidine rings is 1. The Labute approximate surface area is 170 Å². The molecule has 7 nitrogen and oxygen atoms in total. The first kappa shape index (κ1) is 19.7. The van der Waals surface area contributed by atoms with E-state index in [0.717, 1.165) is 29.0 Å². The van der Waals surface area contributed by atoms with Crippen molar-refractivity contribution in [3.05, 3.63) is 36.4 Å². The van der Waals surface area contributed by atoms with Gasteiger partial charge in [0, 0.05) is 17.5 Å². The Balaban J connectivity index is 1.47. The number of ether oxygens (including phenoxy) is 1. The first-order valence-corrected chi connectivity index (χ1v) is 11.3. The summed E-state index contributed by atoms with van der Waals surface area (Å²) in [5, 5.41) is 1.40. The molecule has 8 heteroatoms. The van der Waals surface area contributed by atoms with Gasteiger partial charge in [0.25, 0.3) is 15.9 Å². The number of rotatable bonds is 4. The minimum absolute atomic E-state index is 0.107. The van der Waals surface area contributed by atoms with Crippen LogP contribution in [0.25, 0.3) is 10.8 Å². The van der Waals surface area contributed by atoms with Gasteiger partial charge in [0.15, 0.2) is 6.61 Å². The predicted octanol–water partition coefficient (Wildman–Crippen LogP) is 2.68. The standard InChI is InChI=1S/C21H24N2O5S/c1-14-6-3-7-15(2)23(14)19(24)13-28-20(25)12-22-17-10-4-8-16-9-5-11-18(21(16)17)29(22,26)27/h4-5,8-11,14-15H,3,6-7,12-13H2,1-2H3/t14-,15-/m1/s1. The Morgan fingerprint density at radius 3 is 2.41 bits per heavy atom. The largest absolute Gasteiger partial charge is 0.454 e. The molecule has 154 valence electrons. The number of benzene rings is 2. The Kier molecular flexibility index (Phi) is 4.98. The molecule has 0 spiro atoms. The van der Waals surface area contributed by atoms with Gasteiger partial charge in [-0.05, 0) is 50.6 Å². The van der Waals surface area contributed by atoms with Crippen LogP contribution in [0.15, 0.2) is 41.3 Å². The highest BCUT2D eigenvalue weighted by atomic mass is 32.2. The smallest absolute Gasteiger partial charge is 0.327 e.